The molecule has 0 spiro atoms. The molecular formula is C16H12FNO3. The predicted octanol–water partition coefficient (Wildman–Crippen LogP) is 3.14. The van der Waals surface area contributed by atoms with Gasteiger partial charge in [0.15, 0.2) is 11.5 Å². The van der Waals surface area contributed by atoms with E-state index in [1.54, 1.807) is 12.1 Å². The first-order valence-electron chi connectivity index (χ1n) is 6.41. The molecule has 0 amide bonds. The Hall–Kier alpha value is -2.58. The van der Waals surface area contributed by atoms with Crippen LogP contribution in [0.2, 0.25) is 0 Å². The average molecular weight is 285 g/mol. The first kappa shape index (κ1) is 13.4. The monoisotopic (exact) mass is 285 g/mol. The third-order valence-corrected chi connectivity index (χ3v) is 3.16. The van der Waals surface area contributed by atoms with Gasteiger partial charge in [-0.2, -0.15) is 5.26 Å². The van der Waals surface area contributed by atoms with Crippen molar-refractivity contribution in [2.75, 3.05) is 6.79 Å². The lowest BCUT2D eigenvalue weighted by Gasteiger charge is -2.07. The van der Waals surface area contributed by atoms with Gasteiger partial charge in [0.1, 0.15) is 11.9 Å². The maximum absolute atomic E-state index is 13.8. The van der Waals surface area contributed by atoms with Crippen molar-refractivity contribution in [2.24, 2.45) is 0 Å². The van der Waals surface area contributed by atoms with Crippen LogP contribution in [0.1, 0.15) is 16.7 Å². The van der Waals surface area contributed by atoms with Crippen molar-refractivity contribution in [1.29, 1.82) is 5.26 Å². The molecule has 1 aliphatic heterocycles. The molecule has 0 bridgehead atoms. The number of benzene rings is 2. The number of nitrogens with zero attached hydrogens (tertiary/aromatic N) is 1. The van der Waals surface area contributed by atoms with Gasteiger partial charge in [0, 0.05) is 5.56 Å². The molecule has 0 aromatic heterocycles. The van der Waals surface area contributed by atoms with Gasteiger partial charge in [-0.05, 0) is 23.8 Å². The van der Waals surface area contributed by atoms with Crippen molar-refractivity contribution in [2.45, 2.75) is 13.2 Å². The van der Waals surface area contributed by atoms with Crippen LogP contribution >= 0.6 is 0 Å². The number of hydrogen-bond acceptors (Lipinski definition) is 4. The van der Waals surface area contributed by atoms with Gasteiger partial charge < -0.3 is 14.2 Å². The van der Waals surface area contributed by atoms with Crippen molar-refractivity contribution in [3.63, 3.8) is 0 Å². The van der Waals surface area contributed by atoms with E-state index < -0.39 is 5.82 Å². The first-order valence-corrected chi connectivity index (χ1v) is 6.41. The number of rotatable bonds is 4. The minimum absolute atomic E-state index is 0.0270. The zero-order valence-corrected chi connectivity index (χ0v) is 11.1. The van der Waals surface area contributed by atoms with Crippen molar-refractivity contribution < 1.29 is 18.6 Å². The Kier molecular flexibility index (Phi) is 3.71. The van der Waals surface area contributed by atoms with Crippen LogP contribution in [-0.2, 0) is 18.0 Å². The molecule has 0 atom stereocenters. The number of fused-ring (bicyclic) bond motifs is 1. The molecule has 2 aromatic carbocycles. The molecule has 106 valence electrons. The second kappa shape index (κ2) is 5.81. The highest BCUT2D eigenvalue weighted by Crippen LogP contribution is 2.32. The Morgan fingerprint density at radius 1 is 1.14 bits per heavy atom. The maximum atomic E-state index is 13.8. The third-order valence-electron chi connectivity index (χ3n) is 3.16. The molecule has 3 rings (SSSR count). The lowest BCUT2D eigenvalue weighted by Crippen LogP contribution is -1.98. The van der Waals surface area contributed by atoms with E-state index in [2.05, 4.69) is 0 Å². The zero-order valence-electron chi connectivity index (χ0n) is 11.1. The highest BCUT2D eigenvalue weighted by atomic mass is 19.1. The summed E-state index contributed by atoms with van der Waals surface area (Å²) >= 11 is 0. The van der Waals surface area contributed by atoms with Crippen molar-refractivity contribution in [3.05, 3.63) is 58.9 Å². The average Bonchev–Trinajstić information content (AvgIpc) is 2.96. The van der Waals surface area contributed by atoms with E-state index in [1.165, 1.54) is 6.07 Å². The van der Waals surface area contributed by atoms with Crippen LogP contribution in [-0.4, -0.2) is 6.79 Å². The Balaban J connectivity index is 1.63. The van der Waals surface area contributed by atoms with E-state index >= 15 is 0 Å². The molecule has 0 unspecified atom stereocenters. The van der Waals surface area contributed by atoms with Crippen LogP contribution in [0.4, 0.5) is 4.39 Å². The fraction of sp³-hybridized carbons (Fsp3) is 0.188. The summed E-state index contributed by atoms with van der Waals surface area (Å²) in [5.74, 6) is 0.881. The zero-order chi connectivity index (χ0) is 14.7. The smallest absolute Gasteiger partial charge is 0.231 e. The lowest BCUT2D eigenvalue weighted by atomic mass is 10.1. The van der Waals surface area contributed by atoms with E-state index in [1.807, 2.05) is 24.3 Å². The molecule has 5 heteroatoms. The van der Waals surface area contributed by atoms with Crippen molar-refractivity contribution in [3.8, 4) is 17.6 Å². The Morgan fingerprint density at radius 2 is 2.00 bits per heavy atom. The Bertz CT molecular complexity index is 709. The fourth-order valence-corrected chi connectivity index (χ4v) is 2.09. The lowest BCUT2D eigenvalue weighted by molar-refractivity contribution is 0.104. The quantitative estimate of drug-likeness (QED) is 0.866. The standard InChI is InChI=1S/C16H12FNO3/c17-16-12(7-18)2-1-3-13(16)9-19-8-11-4-5-14-15(6-11)21-10-20-14/h1-6H,8-10H2. The summed E-state index contributed by atoms with van der Waals surface area (Å²) in [6.07, 6.45) is 0. The van der Waals surface area contributed by atoms with Gasteiger partial charge in [0.05, 0.1) is 18.8 Å². The molecule has 0 fully saturated rings. The van der Waals surface area contributed by atoms with E-state index in [4.69, 9.17) is 19.5 Å². The van der Waals surface area contributed by atoms with E-state index in [0.29, 0.717) is 23.7 Å². The molecule has 0 radical (unpaired) electrons. The van der Waals surface area contributed by atoms with Gasteiger partial charge in [0.2, 0.25) is 6.79 Å². The van der Waals surface area contributed by atoms with E-state index in [0.717, 1.165) is 5.56 Å². The maximum Gasteiger partial charge on any atom is 0.231 e. The largest absolute Gasteiger partial charge is 0.454 e. The van der Waals surface area contributed by atoms with Gasteiger partial charge in [-0.15, -0.1) is 0 Å². The second-order valence-electron chi connectivity index (χ2n) is 4.57. The van der Waals surface area contributed by atoms with Gasteiger partial charge >= 0.3 is 0 Å². The van der Waals surface area contributed by atoms with Crippen LogP contribution in [0.15, 0.2) is 36.4 Å². The van der Waals surface area contributed by atoms with Gasteiger partial charge in [0.25, 0.3) is 0 Å². The minimum Gasteiger partial charge on any atom is -0.454 e. The molecule has 1 aliphatic rings. The summed E-state index contributed by atoms with van der Waals surface area (Å²) in [5.41, 5.74) is 1.31. The molecular weight excluding hydrogens is 273 g/mol. The number of hydrogen-bond donors (Lipinski definition) is 0. The molecule has 21 heavy (non-hydrogen) atoms. The minimum atomic E-state index is -0.523. The van der Waals surface area contributed by atoms with Gasteiger partial charge in [-0.25, -0.2) is 4.39 Å². The molecule has 4 nitrogen and oxygen atoms in total. The van der Waals surface area contributed by atoms with Gasteiger partial charge in [-0.1, -0.05) is 18.2 Å². The van der Waals surface area contributed by atoms with Crippen LogP contribution < -0.4 is 9.47 Å². The summed E-state index contributed by atoms with van der Waals surface area (Å²) in [6, 6.07) is 12.0. The SMILES string of the molecule is N#Cc1cccc(COCc2ccc3c(c2)OCO3)c1F. The van der Waals surface area contributed by atoms with Crippen LogP contribution in [0, 0.1) is 17.1 Å². The highest BCUT2D eigenvalue weighted by Gasteiger charge is 2.13. The summed E-state index contributed by atoms with van der Waals surface area (Å²) in [7, 11) is 0. The summed E-state index contributed by atoms with van der Waals surface area (Å²) < 4.78 is 29.8. The topological polar surface area (TPSA) is 51.5 Å². The Morgan fingerprint density at radius 3 is 2.86 bits per heavy atom. The predicted molar refractivity (Wildman–Crippen MR) is 72.2 cm³/mol. The number of halogens is 1. The molecule has 0 N–H and O–H groups in total. The molecule has 0 saturated heterocycles. The third kappa shape index (κ3) is 2.81. The Labute approximate surface area is 121 Å². The first-order chi connectivity index (χ1) is 10.3. The summed E-state index contributed by atoms with van der Waals surface area (Å²) in [4.78, 5) is 0. The van der Waals surface area contributed by atoms with Crippen molar-refractivity contribution >= 4 is 0 Å². The van der Waals surface area contributed by atoms with Crippen molar-refractivity contribution in [1.82, 2.24) is 0 Å². The van der Waals surface area contributed by atoms with Crippen LogP contribution in [0.25, 0.3) is 0 Å². The fourth-order valence-electron chi connectivity index (χ4n) is 2.09. The molecule has 2 aromatic rings. The number of ether oxygens (including phenoxy) is 3. The molecule has 0 saturated carbocycles. The normalized spacial score (nSPS) is 12.2. The number of nitriles is 1. The van der Waals surface area contributed by atoms with E-state index in [-0.39, 0.29) is 19.0 Å². The van der Waals surface area contributed by atoms with E-state index in [9.17, 15) is 4.39 Å². The summed E-state index contributed by atoms with van der Waals surface area (Å²) in [6.45, 7) is 0.661. The highest BCUT2D eigenvalue weighted by molar-refractivity contribution is 5.44. The second-order valence-corrected chi connectivity index (χ2v) is 4.57. The molecule has 0 aliphatic carbocycles. The van der Waals surface area contributed by atoms with Gasteiger partial charge in [-0.3, -0.25) is 0 Å². The molecule has 1 heterocycles. The van der Waals surface area contributed by atoms with Crippen LogP contribution in [0.3, 0.4) is 0 Å². The summed E-state index contributed by atoms with van der Waals surface area (Å²) in [5, 5.41) is 8.78. The van der Waals surface area contributed by atoms with Crippen LogP contribution in [0.5, 0.6) is 11.5 Å².